The van der Waals surface area contributed by atoms with Gasteiger partial charge in [0.25, 0.3) is 0 Å². The van der Waals surface area contributed by atoms with Crippen LogP contribution in [0, 0.1) is 0 Å². The molecule has 1 heterocycles. The molecule has 2 nitrogen and oxygen atoms in total. The van der Waals surface area contributed by atoms with E-state index in [4.69, 9.17) is 5.11 Å². The molecule has 0 spiro atoms. The molecule has 0 atom stereocenters. The molecule has 1 aromatic carbocycles. The molecule has 72 valence electrons. The molecule has 1 N–H and O–H groups in total. The number of fused-ring (bicyclic) bond motifs is 1. The van der Waals surface area contributed by atoms with Crippen LogP contribution in [-0.4, -0.2) is 11.1 Å². The minimum Gasteiger partial charge on any atom is -0.478 e. The van der Waals surface area contributed by atoms with E-state index >= 15 is 0 Å². The van der Waals surface area contributed by atoms with Gasteiger partial charge in [-0.15, -0.1) is 11.3 Å². The van der Waals surface area contributed by atoms with E-state index < -0.39 is 5.97 Å². The second-order valence-corrected chi connectivity index (χ2v) is 5.28. The number of rotatable bonds is 1. The molecule has 5 heteroatoms. The molecule has 0 unspecified atom stereocenters. The molecule has 0 amide bonds. The molecule has 0 aliphatic carbocycles. The number of aromatic carboxylic acids is 1. The molecule has 2 aromatic rings. The largest absolute Gasteiger partial charge is 0.478 e. The zero-order valence-corrected chi connectivity index (χ0v) is 10.7. The molecule has 0 saturated heterocycles. The predicted molar refractivity (Wildman–Crippen MR) is 64.2 cm³/mol. The van der Waals surface area contributed by atoms with Crippen molar-refractivity contribution in [1.82, 2.24) is 0 Å². The summed E-state index contributed by atoms with van der Waals surface area (Å²) in [7, 11) is 0. The number of carboxylic acid groups (broad SMARTS) is 1. The Morgan fingerprint density at radius 1 is 1.29 bits per heavy atom. The normalized spacial score (nSPS) is 10.7. The summed E-state index contributed by atoms with van der Waals surface area (Å²) in [5.74, 6) is -0.892. The van der Waals surface area contributed by atoms with E-state index in [-0.39, 0.29) is 0 Å². The topological polar surface area (TPSA) is 37.3 Å². The first kappa shape index (κ1) is 10.1. The third-order valence-electron chi connectivity index (χ3n) is 1.86. The summed E-state index contributed by atoms with van der Waals surface area (Å²) in [6, 6.07) is 3.36. The third-order valence-corrected chi connectivity index (χ3v) is 4.46. The van der Waals surface area contributed by atoms with Crippen LogP contribution in [0.2, 0.25) is 0 Å². The highest BCUT2D eigenvalue weighted by Crippen LogP contribution is 2.37. The van der Waals surface area contributed by atoms with Crippen molar-refractivity contribution in [3.05, 3.63) is 32.0 Å². The van der Waals surface area contributed by atoms with Crippen molar-refractivity contribution in [2.24, 2.45) is 0 Å². The molecule has 1 aromatic heterocycles. The quantitative estimate of drug-likeness (QED) is 0.851. The van der Waals surface area contributed by atoms with Gasteiger partial charge in [0.05, 0.1) is 10.3 Å². The van der Waals surface area contributed by atoms with Gasteiger partial charge in [-0.05, 0) is 28.1 Å². The molecule has 0 fully saturated rings. The summed E-state index contributed by atoms with van der Waals surface area (Å²) in [6.07, 6.45) is 0. The average Bonchev–Trinajstić information content (AvgIpc) is 2.49. The van der Waals surface area contributed by atoms with Gasteiger partial charge in [0.15, 0.2) is 0 Å². The summed E-state index contributed by atoms with van der Waals surface area (Å²) in [6.45, 7) is 0. The zero-order chi connectivity index (χ0) is 10.3. The van der Waals surface area contributed by atoms with Crippen LogP contribution in [-0.2, 0) is 0 Å². The number of benzene rings is 1. The van der Waals surface area contributed by atoms with Gasteiger partial charge in [0.1, 0.15) is 0 Å². The molecule has 0 aliphatic heterocycles. The number of hydrogen-bond acceptors (Lipinski definition) is 2. The van der Waals surface area contributed by atoms with E-state index in [1.165, 1.54) is 11.3 Å². The Balaban J connectivity index is 2.90. The first-order valence-electron chi connectivity index (χ1n) is 3.69. The monoisotopic (exact) mass is 334 g/mol. The number of halogens is 2. The number of carboxylic acids is 1. The highest BCUT2D eigenvalue weighted by atomic mass is 79.9. The number of hydrogen-bond donors (Lipinski definition) is 1. The van der Waals surface area contributed by atoms with Crippen LogP contribution in [0.1, 0.15) is 10.4 Å². The lowest BCUT2D eigenvalue weighted by Crippen LogP contribution is -1.95. The Morgan fingerprint density at radius 3 is 2.64 bits per heavy atom. The van der Waals surface area contributed by atoms with E-state index in [0.717, 1.165) is 19.0 Å². The highest BCUT2D eigenvalue weighted by molar-refractivity contribution is 9.11. The van der Waals surface area contributed by atoms with Crippen LogP contribution in [0.15, 0.2) is 26.5 Å². The van der Waals surface area contributed by atoms with Crippen LogP contribution in [0.5, 0.6) is 0 Å². The van der Waals surface area contributed by atoms with Crippen molar-refractivity contribution in [2.75, 3.05) is 0 Å². The maximum Gasteiger partial charge on any atom is 0.337 e. The molecule has 0 bridgehead atoms. The fourth-order valence-electron chi connectivity index (χ4n) is 1.24. The standard InChI is InChI=1S/C9H4Br2O2S/c10-5-2-1-4(9(12)13)8-7(5)6(11)3-14-8/h1-3H,(H,12,13). The zero-order valence-electron chi connectivity index (χ0n) is 6.75. The Labute approximate surface area is 101 Å². The van der Waals surface area contributed by atoms with Crippen molar-refractivity contribution < 1.29 is 9.90 Å². The van der Waals surface area contributed by atoms with Crippen molar-refractivity contribution in [3.8, 4) is 0 Å². The summed E-state index contributed by atoms with van der Waals surface area (Å²) >= 11 is 8.21. The van der Waals surface area contributed by atoms with Crippen LogP contribution >= 0.6 is 43.2 Å². The van der Waals surface area contributed by atoms with E-state index in [1.807, 2.05) is 5.38 Å². The minimum absolute atomic E-state index is 0.346. The van der Waals surface area contributed by atoms with Gasteiger partial charge in [-0.3, -0.25) is 0 Å². The Kier molecular flexibility index (Phi) is 2.64. The first-order chi connectivity index (χ1) is 6.61. The molecular weight excluding hydrogens is 332 g/mol. The van der Waals surface area contributed by atoms with Crippen molar-refractivity contribution in [2.45, 2.75) is 0 Å². The Morgan fingerprint density at radius 2 is 2.00 bits per heavy atom. The minimum atomic E-state index is -0.892. The van der Waals surface area contributed by atoms with E-state index in [1.54, 1.807) is 12.1 Å². The molecule has 0 saturated carbocycles. The van der Waals surface area contributed by atoms with Crippen LogP contribution in [0.25, 0.3) is 10.1 Å². The second kappa shape index (κ2) is 3.64. The van der Waals surface area contributed by atoms with Crippen molar-refractivity contribution >= 4 is 59.3 Å². The van der Waals surface area contributed by atoms with Crippen LogP contribution in [0.3, 0.4) is 0 Å². The van der Waals surface area contributed by atoms with E-state index in [2.05, 4.69) is 31.9 Å². The van der Waals surface area contributed by atoms with Gasteiger partial charge in [0, 0.05) is 19.7 Å². The average molecular weight is 336 g/mol. The lowest BCUT2D eigenvalue weighted by atomic mass is 10.2. The first-order valence-corrected chi connectivity index (χ1v) is 6.16. The van der Waals surface area contributed by atoms with Gasteiger partial charge in [0.2, 0.25) is 0 Å². The summed E-state index contributed by atoms with van der Waals surface area (Å²) in [5.41, 5.74) is 0.346. The summed E-state index contributed by atoms with van der Waals surface area (Å²) in [4.78, 5) is 10.9. The number of carbonyl (C=O) groups is 1. The van der Waals surface area contributed by atoms with Gasteiger partial charge in [-0.2, -0.15) is 0 Å². The highest BCUT2D eigenvalue weighted by Gasteiger charge is 2.13. The fourth-order valence-corrected chi connectivity index (χ4v) is 3.97. The summed E-state index contributed by atoms with van der Waals surface area (Å²) in [5, 5.41) is 11.8. The molecule has 2 rings (SSSR count). The van der Waals surface area contributed by atoms with Crippen molar-refractivity contribution in [3.63, 3.8) is 0 Å². The second-order valence-electron chi connectivity index (χ2n) is 2.69. The van der Waals surface area contributed by atoms with Crippen LogP contribution in [0.4, 0.5) is 0 Å². The van der Waals surface area contributed by atoms with E-state index in [0.29, 0.717) is 5.56 Å². The smallest absolute Gasteiger partial charge is 0.337 e. The molecule has 0 aliphatic rings. The predicted octanol–water partition coefficient (Wildman–Crippen LogP) is 4.12. The molecular formula is C9H4Br2O2S. The van der Waals surface area contributed by atoms with Gasteiger partial charge >= 0.3 is 5.97 Å². The van der Waals surface area contributed by atoms with Gasteiger partial charge in [-0.25, -0.2) is 4.79 Å². The number of thiophene rings is 1. The maximum absolute atomic E-state index is 10.9. The van der Waals surface area contributed by atoms with Crippen LogP contribution < -0.4 is 0 Å². The maximum atomic E-state index is 10.9. The third kappa shape index (κ3) is 1.49. The lowest BCUT2D eigenvalue weighted by molar-refractivity contribution is 0.0699. The lowest BCUT2D eigenvalue weighted by Gasteiger charge is -1.99. The van der Waals surface area contributed by atoms with Gasteiger partial charge < -0.3 is 5.11 Å². The Hall–Kier alpha value is -0.390. The molecule has 14 heavy (non-hydrogen) atoms. The van der Waals surface area contributed by atoms with Crippen molar-refractivity contribution in [1.29, 1.82) is 0 Å². The summed E-state index contributed by atoms with van der Waals surface area (Å²) < 4.78 is 2.62. The Bertz CT molecular complexity index is 519. The van der Waals surface area contributed by atoms with E-state index in [9.17, 15) is 4.79 Å². The van der Waals surface area contributed by atoms with Gasteiger partial charge in [-0.1, -0.05) is 15.9 Å². The molecule has 0 radical (unpaired) electrons. The SMILES string of the molecule is O=C(O)c1ccc(Br)c2c(Br)csc12. The fraction of sp³-hybridized carbons (Fsp3) is 0.